The van der Waals surface area contributed by atoms with Crippen LogP contribution in [0.4, 0.5) is 10.5 Å². The van der Waals surface area contributed by atoms with E-state index in [1.54, 1.807) is 41.6 Å². The summed E-state index contributed by atoms with van der Waals surface area (Å²) in [5, 5.41) is 13.1. The minimum absolute atomic E-state index is 0.226. The number of aliphatic imine (C=N–C) groups is 1. The number of ether oxygens (including phenoxy) is 6. The van der Waals surface area contributed by atoms with Gasteiger partial charge in [0.1, 0.15) is 16.9 Å². The van der Waals surface area contributed by atoms with Gasteiger partial charge in [0.15, 0.2) is 0 Å². The molecule has 2 heterocycles. The summed E-state index contributed by atoms with van der Waals surface area (Å²) in [5.41, 5.74) is 8.02. The first-order valence-corrected chi connectivity index (χ1v) is 21.9. The van der Waals surface area contributed by atoms with Crippen molar-refractivity contribution in [2.75, 3.05) is 71.8 Å². The number of rotatable bonds is 25. The number of hydrogen-bond acceptors (Lipinski definition) is 11. The zero-order valence-corrected chi connectivity index (χ0v) is 37.7. The molecule has 63 heavy (non-hydrogen) atoms. The van der Waals surface area contributed by atoms with Crippen molar-refractivity contribution in [1.29, 1.82) is 0 Å². The maximum Gasteiger partial charge on any atom is 0.410 e. The summed E-state index contributed by atoms with van der Waals surface area (Å²) in [6.45, 7) is 12.1. The lowest BCUT2D eigenvalue weighted by molar-refractivity contribution is -0.141. The molecule has 3 aromatic rings. The van der Waals surface area contributed by atoms with Gasteiger partial charge in [-0.15, -0.1) is 0 Å². The van der Waals surface area contributed by atoms with Crippen LogP contribution < -0.4 is 26.5 Å². The summed E-state index contributed by atoms with van der Waals surface area (Å²) in [4.78, 5) is 47.9. The summed E-state index contributed by atoms with van der Waals surface area (Å²) in [7, 11) is 1.38. The Morgan fingerprint density at radius 2 is 1.46 bits per heavy atom. The molecule has 0 radical (unpaired) electrons. The summed E-state index contributed by atoms with van der Waals surface area (Å²) >= 11 is 0. The van der Waals surface area contributed by atoms with Crippen molar-refractivity contribution in [2.45, 2.75) is 96.2 Å². The second kappa shape index (κ2) is 26.1. The molecular formula is C47H68N7O9+. The second-order valence-electron chi connectivity index (χ2n) is 16.4. The minimum atomic E-state index is -0.873. The largest absolute Gasteiger partial charge is 0.494 e. The number of likely N-dealkylation sites (tertiary alicyclic amines) is 1. The average Bonchev–Trinajstić information content (AvgIpc) is 3.27. The molecule has 16 heteroatoms. The Hall–Kier alpha value is -5.58. The van der Waals surface area contributed by atoms with E-state index >= 15 is 0 Å². The first kappa shape index (κ1) is 50.1. The number of nitrogens with zero attached hydrogens (tertiary/aromatic N) is 3. The summed E-state index contributed by atoms with van der Waals surface area (Å²) in [6.07, 6.45) is 8.73. The van der Waals surface area contributed by atoms with Gasteiger partial charge in [0.05, 0.1) is 51.7 Å². The number of nitrogens with two attached hydrogens (primary N) is 2. The molecule has 0 spiro atoms. The molecule has 16 nitrogen and oxygen atoms in total. The highest BCUT2D eigenvalue weighted by Crippen LogP contribution is 2.30. The Bertz CT molecular complexity index is 1900. The average molecular weight is 875 g/mol. The lowest BCUT2D eigenvalue weighted by Crippen LogP contribution is -2.59. The van der Waals surface area contributed by atoms with Crippen LogP contribution in [0.25, 0.3) is 0 Å². The number of methoxy groups -OCH3 is 1. The summed E-state index contributed by atoms with van der Waals surface area (Å²) in [6, 6.07) is 18.3. The number of benzene rings is 2. The molecule has 4 rings (SSSR count). The molecule has 1 atom stereocenters. The molecule has 1 saturated heterocycles. The fourth-order valence-electron chi connectivity index (χ4n) is 6.71. The molecule has 0 aliphatic carbocycles. The quantitative estimate of drug-likeness (QED) is 0.0372. The third kappa shape index (κ3) is 18.0. The van der Waals surface area contributed by atoms with Crippen LogP contribution in [-0.2, 0) is 28.5 Å². The number of esters is 1. The molecule has 0 unspecified atom stereocenters. The van der Waals surface area contributed by atoms with Crippen molar-refractivity contribution in [3.8, 4) is 5.75 Å². The number of nitrogens with one attached hydrogen (secondary N) is 2. The summed E-state index contributed by atoms with van der Waals surface area (Å²) < 4.78 is 32.8. The van der Waals surface area contributed by atoms with Gasteiger partial charge in [0.25, 0.3) is 5.91 Å². The molecule has 0 saturated carbocycles. The number of carbonyl (C=O) groups is 3. The zero-order valence-electron chi connectivity index (χ0n) is 37.7. The molecule has 1 aromatic heterocycles. The molecular weight excluding hydrogens is 807 g/mol. The van der Waals surface area contributed by atoms with Crippen molar-refractivity contribution < 1.29 is 48.2 Å². The highest BCUT2D eigenvalue weighted by molar-refractivity contribution is 6.06. The SMILES string of the molecule is COC(=O)CCCOCCOCCOCCCCCCOc1ccc([C@@H](C)NC(=O)c2cccc(NC3(C(N)=NC(=[NH2+])c4ccncc4)CCN(C(=O)OC(C)(C)C)CC3)c2)cc1. The topological polar surface area (TPSA) is 211 Å². The Balaban J connectivity index is 1.19. The number of aromatic nitrogens is 1. The van der Waals surface area contributed by atoms with Crippen molar-refractivity contribution >= 4 is 35.3 Å². The van der Waals surface area contributed by atoms with Crippen molar-refractivity contribution in [3.63, 3.8) is 0 Å². The molecule has 1 aliphatic rings. The van der Waals surface area contributed by atoms with E-state index in [9.17, 15) is 14.4 Å². The number of pyridine rings is 1. The Kier molecular flexibility index (Phi) is 20.8. The minimum Gasteiger partial charge on any atom is -0.494 e. The highest BCUT2D eigenvalue weighted by Gasteiger charge is 2.43. The Labute approximate surface area is 372 Å². The molecule has 344 valence electrons. The molecule has 0 bridgehead atoms. The van der Waals surface area contributed by atoms with E-state index in [2.05, 4.69) is 25.3 Å². The van der Waals surface area contributed by atoms with Gasteiger partial charge < -0.3 is 49.7 Å². The van der Waals surface area contributed by atoms with Crippen LogP contribution in [0.15, 0.2) is 78.0 Å². The highest BCUT2D eigenvalue weighted by atomic mass is 16.6. The maximum atomic E-state index is 13.6. The smallest absolute Gasteiger partial charge is 0.410 e. The van der Waals surface area contributed by atoms with E-state index in [1.807, 2.05) is 64.1 Å². The maximum absolute atomic E-state index is 13.6. The first-order valence-electron chi connectivity index (χ1n) is 21.9. The number of unbranched alkanes of at least 4 members (excludes halogenated alkanes) is 3. The number of hydrogen-bond donors (Lipinski definition) is 4. The van der Waals surface area contributed by atoms with Gasteiger partial charge in [-0.1, -0.05) is 24.6 Å². The second-order valence-corrected chi connectivity index (χ2v) is 16.4. The van der Waals surface area contributed by atoms with E-state index in [0.29, 0.717) is 102 Å². The van der Waals surface area contributed by atoms with Crippen LogP contribution >= 0.6 is 0 Å². The number of carbonyl (C=O) groups excluding carboxylic acids is 3. The third-order valence-electron chi connectivity index (χ3n) is 10.3. The van der Waals surface area contributed by atoms with Crippen molar-refractivity contribution in [3.05, 3.63) is 89.7 Å². The molecule has 2 amide bonds. The van der Waals surface area contributed by atoms with E-state index < -0.39 is 11.1 Å². The Morgan fingerprint density at radius 1 is 0.841 bits per heavy atom. The van der Waals surface area contributed by atoms with Crippen LogP contribution in [0.1, 0.15) is 107 Å². The summed E-state index contributed by atoms with van der Waals surface area (Å²) in [5.74, 6) is 0.826. The van der Waals surface area contributed by atoms with Gasteiger partial charge in [-0.05, 0) is 119 Å². The number of anilines is 1. The number of piperidine rings is 1. The molecule has 1 fully saturated rings. The van der Waals surface area contributed by atoms with Gasteiger partial charge in [-0.2, -0.15) is 0 Å². The predicted octanol–water partition coefficient (Wildman–Crippen LogP) is 5.26. The Morgan fingerprint density at radius 3 is 2.10 bits per heavy atom. The van der Waals surface area contributed by atoms with E-state index in [1.165, 1.54) is 7.11 Å². The standard InChI is InChI=1S/C47H67N7O9/c1-35(36-15-17-40(18-16-36)62-29-9-7-6-8-27-59-30-32-61-33-31-60-28-11-14-41(55)58-5)51-43(56)38-12-10-13-39(34-38)53-47(44(49)52-42(48)37-19-23-50-24-20-37)21-25-54(26-22-47)45(57)63-46(2,3)4/h10,12-13,15-20,23-24,34-35,53H,6-9,11,14,21-22,25-33H2,1-5H3,(H,51,56)(H3,48,49,52)/p+1/t35-/m1/s1. The molecule has 2 aromatic carbocycles. The van der Waals surface area contributed by atoms with E-state index in [-0.39, 0.29) is 35.7 Å². The van der Waals surface area contributed by atoms with Crippen LogP contribution in [0.3, 0.4) is 0 Å². The molecule has 6 N–H and O–H groups in total. The van der Waals surface area contributed by atoms with Crippen LogP contribution in [0.2, 0.25) is 0 Å². The first-order chi connectivity index (χ1) is 30.3. The monoisotopic (exact) mass is 875 g/mol. The van der Waals surface area contributed by atoms with Gasteiger partial charge in [0, 0.05) is 56.4 Å². The van der Waals surface area contributed by atoms with Crippen molar-refractivity contribution in [1.82, 2.24) is 15.2 Å². The third-order valence-corrected chi connectivity index (χ3v) is 10.3. The zero-order chi connectivity index (χ0) is 45.5. The fraction of sp³-hybridized carbons (Fsp3) is 0.532. The molecule has 1 aliphatic heterocycles. The fourth-order valence-corrected chi connectivity index (χ4v) is 6.71. The normalized spacial score (nSPS) is 14.4. The van der Waals surface area contributed by atoms with Gasteiger partial charge in [0.2, 0.25) is 5.84 Å². The lowest BCUT2D eigenvalue weighted by Gasteiger charge is -2.41. The van der Waals surface area contributed by atoms with E-state index in [0.717, 1.165) is 37.0 Å². The van der Waals surface area contributed by atoms with Crippen LogP contribution in [-0.4, -0.2) is 117 Å². The van der Waals surface area contributed by atoms with Crippen molar-refractivity contribution in [2.24, 2.45) is 10.7 Å². The number of amides is 2. The lowest BCUT2D eigenvalue weighted by atomic mass is 9.85. The predicted molar refractivity (Wildman–Crippen MR) is 242 cm³/mol. The van der Waals surface area contributed by atoms with Gasteiger partial charge in [-0.25, -0.2) is 4.79 Å². The van der Waals surface area contributed by atoms with Crippen LogP contribution in [0, 0.1) is 0 Å². The number of amidine groups is 2. The van der Waals surface area contributed by atoms with Gasteiger partial charge >= 0.3 is 17.9 Å². The van der Waals surface area contributed by atoms with Crippen LogP contribution in [0.5, 0.6) is 5.75 Å². The van der Waals surface area contributed by atoms with E-state index in [4.69, 9.17) is 34.8 Å². The van der Waals surface area contributed by atoms with Gasteiger partial charge in [-0.3, -0.25) is 20.0 Å².